The largest absolute Gasteiger partial charge is 0.385 e. The molecule has 0 radical (unpaired) electrons. The third-order valence-electron chi connectivity index (χ3n) is 3.62. The molecule has 0 saturated carbocycles. The minimum absolute atomic E-state index is 0.156. The van der Waals surface area contributed by atoms with Gasteiger partial charge in [0.05, 0.1) is 4.90 Å². The van der Waals surface area contributed by atoms with E-state index in [1.54, 1.807) is 13.0 Å². The van der Waals surface area contributed by atoms with Gasteiger partial charge in [-0.05, 0) is 43.2 Å². The molecule has 0 aliphatic rings. The third-order valence-corrected chi connectivity index (χ3v) is 4.73. The fourth-order valence-electron chi connectivity index (χ4n) is 2.25. The van der Waals surface area contributed by atoms with Crippen molar-refractivity contribution < 1.29 is 13.2 Å². The Kier molecular flexibility index (Phi) is 5.98. The molecule has 5 nitrogen and oxygen atoms in total. The first-order valence-corrected chi connectivity index (χ1v) is 9.65. The molecule has 1 amide bonds. The molecule has 2 aromatic carbocycles. The second-order valence-electron chi connectivity index (χ2n) is 5.65. The highest BCUT2D eigenvalue weighted by molar-refractivity contribution is 7.90. The molecule has 0 aromatic heterocycles. The van der Waals surface area contributed by atoms with Crippen molar-refractivity contribution in [2.24, 2.45) is 0 Å². The van der Waals surface area contributed by atoms with Gasteiger partial charge >= 0.3 is 0 Å². The molecule has 128 valence electrons. The highest BCUT2D eigenvalue weighted by Crippen LogP contribution is 2.15. The summed E-state index contributed by atoms with van der Waals surface area (Å²) in [5.41, 5.74) is 2.19. The Morgan fingerprint density at radius 3 is 2.42 bits per heavy atom. The second-order valence-corrected chi connectivity index (χ2v) is 7.67. The normalized spacial score (nSPS) is 11.1. The summed E-state index contributed by atoms with van der Waals surface area (Å²) >= 11 is 0. The van der Waals surface area contributed by atoms with E-state index in [1.807, 2.05) is 30.3 Å². The Hall–Kier alpha value is -2.34. The van der Waals surface area contributed by atoms with Crippen LogP contribution in [0.2, 0.25) is 0 Å². The van der Waals surface area contributed by atoms with Gasteiger partial charge in [-0.2, -0.15) is 0 Å². The van der Waals surface area contributed by atoms with E-state index >= 15 is 0 Å². The number of aryl methyl sites for hydroxylation is 1. The summed E-state index contributed by atoms with van der Waals surface area (Å²) < 4.78 is 23.2. The second kappa shape index (κ2) is 7.97. The summed E-state index contributed by atoms with van der Waals surface area (Å²) in [6, 6.07) is 14.5. The molecular weight excluding hydrogens is 324 g/mol. The van der Waals surface area contributed by atoms with Crippen molar-refractivity contribution in [2.75, 3.05) is 24.7 Å². The summed E-state index contributed by atoms with van der Waals surface area (Å²) in [6.07, 6.45) is 1.90. The van der Waals surface area contributed by atoms with Crippen molar-refractivity contribution in [2.45, 2.75) is 18.2 Å². The number of carbonyl (C=O) groups excluding carboxylic acids is 1. The number of amides is 1. The van der Waals surface area contributed by atoms with Crippen LogP contribution in [0.1, 0.15) is 22.3 Å². The lowest BCUT2D eigenvalue weighted by Crippen LogP contribution is -2.26. The lowest BCUT2D eigenvalue weighted by Gasteiger charge is -2.10. The minimum atomic E-state index is -3.33. The first-order valence-electron chi connectivity index (χ1n) is 7.76. The van der Waals surface area contributed by atoms with Crippen molar-refractivity contribution in [3.63, 3.8) is 0 Å². The topological polar surface area (TPSA) is 75.3 Å². The number of hydrogen-bond donors (Lipinski definition) is 2. The van der Waals surface area contributed by atoms with E-state index in [9.17, 15) is 13.2 Å². The van der Waals surface area contributed by atoms with E-state index < -0.39 is 9.84 Å². The molecule has 2 aromatic rings. The number of para-hydroxylation sites is 1. The number of carbonyl (C=O) groups is 1. The van der Waals surface area contributed by atoms with Crippen LogP contribution in [0.3, 0.4) is 0 Å². The minimum Gasteiger partial charge on any atom is -0.385 e. The highest BCUT2D eigenvalue weighted by Gasteiger charge is 2.14. The smallest absolute Gasteiger partial charge is 0.251 e. The molecule has 0 spiro atoms. The average molecular weight is 346 g/mol. The van der Waals surface area contributed by atoms with Crippen LogP contribution in [0.4, 0.5) is 5.69 Å². The summed E-state index contributed by atoms with van der Waals surface area (Å²) in [5.74, 6) is -0.252. The molecular formula is C18H22N2O3S. The van der Waals surface area contributed by atoms with Crippen molar-refractivity contribution in [1.29, 1.82) is 0 Å². The standard InChI is InChI=1S/C18H22N2O3S/c1-14-9-10-16(24(2,22)23)13-17(14)18(21)20-12-6-11-19-15-7-4-3-5-8-15/h3-5,7-10,13,19H,6,11-12H2,1-2H3,(H,20,21). The maximum absolute atomic E-state index is 12.3. The molecule has 2 rings (SSSR count). The van der Waals surface area contributed by atoms with Crippen LogP contribution in [0.25, 0.3) is 0 Å². The Morgan fingerprint density at radius 1 is 1.04 bits per heavy atom. The van der Waals surface area contributed by atoms with E-state index in [2.05, 4.69) is 10.6 Å². The number of nitrogens with one attached hydrogen (secondary N) is 2. The summed E-state index contributed by atoms with van der Waals surface area (Å²) in [5, 5.41) is 6.10. The fourth-order valence-corrected chi connectivity index (χ4v) is 2.90. The number of benzene rings is 2. The van der Waals surface area contributed by atoms with Gasteiger partial charge in [-0.1, -0.05) is 24.3 Å². The van der Waals surface area contributed by atoms with Crippen molar-refractivity contribution in [3.05, 3.63) is 59.7 Å². The predicted molar refractivity (Wildman–Crippen MR) is 96.2 cm³/mol. The van der Waals surface area contributed by atoms with E-state index in [-0.39, 0.29) is 10.8 Å². The lowest BCUT2D eigenvalue weighted by molar-refractivity contribution is 0.0952. The maximum atomic E-state index is 12.3. The van der Waals surface area contributed by atoms with Gasteiger partial charge in [-0.3, -0.25) is 4.79 Å². The Balaban J connectivity index is 1.86. The lowest BCUT2D eigenvalue weighted by atomic mass is 10.1. The van der Waals surface area contributed by atoms with Crippen LogP contribution in [0.5, 0.6) is 0 Å². The van der Waals surface area contributed by atoms with Crippen molar-refractivity contribution >= 4 is 21.4 Å². The molecule has 0 heterocycles. The SMILES string of the molecule is Cc1ccc(S(C)(=O)=O)cc1C(=O)NCCCNc1ccccc1. The molecule has 24 heavy (non-hydrogen) atoms. The quantitative estimate of drug-likeness (QED) is 0.756. The van der Waals surface area contributed by atoms with Crippen LogP contribution in [0, 0.1) is 6.92 Å². The van der Waals surface area contributed by atoms with Gasteiger partial charge in [0.1, 0.15) is 0 Å². The van der Waals surface area contributed by atoms with Gasteiger partial charge in [-0.25, -0.2) is 8.42 Å². The number of rotatable bonds is 7. The zero-order chi connectivity index (χ0) is 17.6. The molecule has 6 heteroatoms. The van der Waals surface area contributed by atoms with Gasteiger partial charge in [0.25, 0.3) is 5.91 Å². The van der Waals surface area contributed by atoms with Crippen LogP contribution in [-0.4, -0.2) is 33.7 Å². The Morgan fingerprint density at radius 2 is 1.75 bits per heavy atom. The fraction of sp³-hybridized carbons (Fsp3) is 0.278. The number of sulfone groups is 1. The van der Waals surface area contributed by atoms with E-state index in [0.29, 0.717) is 12.1 Å². The molecule has 0 fully saturated rings. The molecule has 2 N–H and O–H groups in total. The molecule has 0 bridgehead atoms. The van der Waals surface area contributed by atoms with E-state index in [1.165, 1.54) is 12.1 Å². The van der Waals surface area contributed by atoms with Gasteiger partial charge in [0.2, 0.25) is 0 Å². The third kappa shape index (κ3) is 5.09. The van der Waals surface area contributed by atoms with Crippen LogP contribution in [-0.2, 0) is 9.84 Å². The maximum Gasteiger partial charge on any atom is 0.251 e. The average Bonchev–Trinajstić information content (AvgIpc) is 2.54. The monoisotopic (exact) mass is 346 g/mol. The van der Waals surface area contributed by atoms with E-state index in [0.717, 1.165) is 30.5 Å². The van der Waals surface area contributed by atoms with Gasteiger partial charge in [0, 0.05) is 30.6 Å². The Labute approximate surface area is 143 Å². The zero-order valence-electron chi connectivity index (χ0n) is 13.9. The Bertz CT molecular complexity index is 802. The predicted octanol–water partition coefficient (Wildman–Crippen LogP) is 2.63. The number of anilines is 1. The van der Waals surface area contributed by atoms with Crippen molar-refractivity contribution in [3.8, 4) is 0 Å². The summed E-state index contributed by atoms with van der Waals surface area (Å²) in [4.78, 5) is 12.4. The molecule has 0 unspecified atom stereocenters. The first-order chi connectivity index (χ1) is 11.4. The van der Waals surface area contributed by atoms with Gasteiger partial charge < -0.3 is 10.6 Å². The number of hydrogen-bond acceptors (Lipinski definition) is 4. The van der Waals surface area contributed by atoms with Gasteiger partial charge in [-0.15, -0.1) is 0 Å². The molecule has 0 aliphatic carbocycles. The summed E-state index contributed by atoms with van der Waals surface area (Å²) in [6.45, 7) is 3.05. The van der Waals surface area contributed by atoms with Gasteiger partial charge in [0.15, 0.2) is 9.84 Å². The van der Waals surface area contributed by atoms with E-state index in [4.69, 9.17) is 0 Å². The molecule has 0 aliphatic heterocycles. The van der Waals surface area contributed by atoms with Crippen LogP contribution in [0.15, 0.2) is 53.4 Å². The van der Waals surface area contributed by atoms with Crippen molar-refractivity contribution in [1.82, 2.24) is 5.32 Å². The highest BCUT2D eigenvalue weighted by atomic mass is 32.2. The zero-order valence-corrected chi connectivity index (χ0v) is 14.7. The first kappa shape index (κ1) is 18.0. The molecule has 0 saturated heterocycles. The molecule has 0 atom stereocenters. The summed E-state index contributed by atoms with van der Waals surface area (Å²) in [7, 11) is -3.33. The van der Waals surface area contributed by atoms with Crippen LogP contribution < -0.4 is 10.6 Å². The van der Waals surface area contributed by atoms with Crippen LogP contribution >= 0.6 is 0 Å².